The van der Waals surface area contributed by atoms with E-state index < -0.39 is 0 Å². The molecule has 1 N–H and O–H groups in total. The molecule has 19 heavy (non-hydrogen) atoms. The van der Waals surface area contributed by atoms with E-state index in [0.717, 1.165) is 24.2 Å². The molecule has 0 aliphatic heterocycles. The summed E-state index contributed by atoms with van der Waals surface area (Å²) in [5.41, 5.74) is 3.48. The predicted molar refractivity (Wildman–Crippen MR) is 74.5 cm³/mol. The van der Waals surface area contributed by atoms with Crippen LogP contribution in [-0.2, 0) is 13.5 Å². The summed E-state index contributed by atoms with van der Waals surface area (Å²) >= 11 is 0. The Bertz CT molecular complexity index is 531. The molecule has 0 saturated carbocycles. The van der Waals surface area contributed by atoms with Crippen molar-refractivity contribution in [3.8, 4) is 0 Å². The number of benzene rings is 1. The molecule has 2 aromatic rings. The molecule has 4 heteroatoms. The second-order valence-corrected chi connectivity index (χ2v) is 4.75. The highest BCUT2D eigenvalue weighted by molar-refractivity contribution is 5.25. The highest BCUT2D eigenvalue weighted by Gasteiger charge is 2.16. The van der Waals surface area contributed by atoms with Crippen LogP contribution >= 0.6 is 0 Å². The maximum Gasteiger partial charge on any atom is 0.123 e. The second-order valence-electron chi connectivity index (χ2n) is 4.75. The first-order valence-corrected chi connectivity index (χ1v) is 6.58. The van der Waals surface area contributed by atoms with Crippen LogP contribution in [0.4, 0.5) is 4.39 Å². The molecule has 1 atom stereocenters. The minimum absolute atomic E-state index is 0.193. The number of hydrogen-bond donors (Lipinski definition) is 1. The molecule has 0 bridgehead atoms. The molecule has 0 radical (unpaired) electrons. The number of rotatable bonds is 5. The lowest BCUT2D eigenvalue weighted by molar-refractivity contribution is 0.545. The number of nitrogens with one attached hydrogen (secondary N) is 1. The average molecular weight is 261 g/mol. The lowest BCUT2D eigenvalue weighted by Gasteiger charge is -2.18. The lowest BCUT2D eigenvalue weighted by atomic mass is 9.99. The molecule has 1 unspecified atom stereocenters. The van der Waals surface area contributed by atoms with Gasteiger partial charge in [-0.05, 0) is 37.6 Å². The summed E-state index contributed by atoms with van der Waals surface area (Å²) in [6.07, 6.45) is 2.74. The van der Waals surface area contributed by atoms with Crippen molar-refractivity contribution >= 4 is 0 Å². The van der Waals surface area contributed by atoms with Crippen LogP contribution < -0.4 is 5.32 Å². The first kappa shape index (κ1) is 13.7. The fourth-order valence-corrected chi connectivity index (χ4v) is 2.25. The van der Waals surface area contributed by atoms with Gasteiger partial charge in [0.2, 0.25) is 0 Å². The smallest absolute Gasteiger partial charge is 0.123 e. The SMILES string of the molecule is CCNC(Cc1ccc(F)cc1)c1cnn(C)c1C. The Morgan fingerprint density at radius 3 is 2.53 bits per heavy atom. The van der Waals surface area contributed by atoms with E-state index in [0.29, 0.717) is 0 Å². The van der Waals surface area contributed by atoms with Crippen LogP contribution in [0.1, 0.15) is 29.8 Å². The Kier molecular flexibility index (Phi) is 4.32. The van der Waals surface area contributed by atoms with Crippen molar-refractivity contribution in [1.82, 2.24) is 15.1 Å². The Balaban J connectivity index is 2.21. The number of hydrogen-bond acceptors (Lipinski definition) is 2. The van der Waals surface area contributed by atoms with Crippen LogP contribution in [0.2, 0.25) is 0 Å². The van der Waals surface area contributed by atoms with Gasteiger partial charge in [-0.3, -0.25) is 4.68 Å². The Morgan fingerprint density at radius 1 is 1.32 bits per heavy atom. The summed E-state index contributed by atoms with van der Waals surface area (Å²) < 4.78 is 14.8. The minimum atomic E-state index is -0.193. The number of likely N-dealkylation sites (N-methyl/N-ethyl adjacent to an activating group) is 1. The van der Waals surface area contributed by atoms with Crippen LogP contribution in [0.15, 0.2) is 30.5 Å². The van der Waals surface area contributed by atoms with Gasteiger partial charge in [-0.15, -0.1) is 0 Å². The summed E-state index contributed by atoms with van der Waals surface area (Å²) in [7, 11) is 1.94. The number of aryl methyl sites for hydroxylation is 1. The average Bonchev–Trinajstić information content (AvgIpc) is 2.72. The maximum atomic E-state index is 12.9. The topological polar surface area (TPSA) is 29.9 Å². The molecule has 1 aromatic heterocycles. The first-order chi connectivity index (χ1) is 9.11. The van der Waals surface area contributed by atoms with Gasteiger partial charge in [0.25, 0.3) is 0 Å². The molecule has 0 aliphatic carbocycles. The van der Waals surface area contributed by atoms with Crippen molar-refractivity contribution in [3.63, 3.8) is 0 Å². The fourth-order valence-electron chi connectivity index (χ4n) is 2.25. The van der Waals surface area contributed by atoms with E-state index in [2.05, 4.69) is 24.3 Å². The third-order valence-electron chi connectivity index (χ3n) is 3.45. The summed E-state index contributed by atoms with van der Waals surface area (Å²) in [6, 6.07) is 6.91. The third kappa shape index (κ3) is 3.20. The largest absolute Gasteiger partial charge is 0.310 e. The van der Waals surface area contributed by atoms with E-state index in [1.165, 1.54) is 17.7 Å². The normalized spacial score (nSPS) is 12.6. The van der Waals surface area contributed by atoms with Gasteiger partial charge in [0.1, 0.15) is 5.82 Å². The van der Waals surface area contributed by atoms with Crippen LogP contribution in [0.5, 0.6) is 0 Å². The van der Waals surface area contributed by atoms with E-state index in [1.54, 1.807) is 0 Å². The molecule has 102 valence electrons. The summed E-state index contributed by atoms with van der Waals surface area (Å²) in [5.74, 6) is -0.193. The third-order valence-corrected chi connectivity index (χ3v) is 3.45. The van der Waals surface area contributed by atoms with Gasteiger partial charge in [0, 0.05) is 24.3 Å². The van der Waals surface area contributed by atoms with E-state index >= 15 is 0 Å². The molecule has 0 spiro atoms. The van der Waals surface area contributed by atoms with E-state index in [1.807, 2.05) is 30.1 Å². The van der Waals surface area contributed by atoms with Crippen molar-refractivity contribution in [1.29, 1.82) is 0 Å². The van der Waals surface area contributed by atoms with Gasteiger partial charge in [-0.2, -0.15) is 5.10 Å². The molecule has 2 rings (SSSR count). The first-order valence-electron chi connectivity index (χ1n) is 6.58. The molecular weight excluding hydrogens is 241 g/mol. The summed E-state index contributed by atoms with van der Waals surface area (Å²) in [5, 5.41) is 7.76. The molecule has 3 nitrogen and oxygen atoms in total. The quantitative estimate of drug-likeness (QED) is 0.897. The van der Waals surface area contributed by atoms with Gasteiger partial charge in [-0.1, -0.05) is 19.1 Å². The molecule has 0 fully saturated rings. The molecule has 0 saturated heterocycles. The van der Waals surface area contributed by atoms with Crippen LogP contribution in [0.25, 0.3) is 0 Å². The zero-order chi connectivity index (χ0) is 13.8. The van der Waals surface area contributed by atoms with Crippen molar-refractivity contribution in [2.24, 2.45) is 7.05 Å². The second kappa shape index (κ2) is 5.97. The van der Waals surface area contributed by atoms with E-state index in [4.69, 9.17) is 0 Å². The van der Waals surface area contributed by atoms with Crippen molar-refractivity contribution < 1.29 is 4.39 Å². The Labute approximate surface area is 113 Å². The zero-order valence-corrected chi connectivity index (χ0v) is 11.7. The minimum Gasteiger partial charge on any atom is -0.310 e. The predicted octanol–water partition coefficient (Wildman–Crippen LogP) is 2.76. The number of aromatic nitrogens is 2. The summed E-state index contributed by atoms with van der Waals surface area (Å²) in [6.45, 7) is 5.04. The van der Waals surface area contributed by atoms with Crippen molar-refractivity contribution in [2.45, 2.75) is 26.3 Å². The van der Waals surface area contributed by atoms with Crippen molar-refractivity contribution in [3.05, 3.63) is 53.1 Å². The molecule has 0 amide bonds. The highest BCUT2D eigenvalue weighted by atomic mass is 19.1. The van der Waals surface area contributed by atoms with Crippen molar-refractivity contribution in [2.75, 3.05) is 6.54 Å². The number of nitrogens with zero attached hydrogens (tertiary/aromatic N) is 2. The Morgan fingerprint density at radius 2 is 2.00 bits per heavy atom. The van der Waals surface area contributed by atoms with Crippen LogP contribution in [0, 0.1) is 12.7 Å². The highest BCUT2D eigenvalue weighted by Crippen LogP contribution is 2.21. The lowest BCUT2D eigenvalue weighted by Crippen LogP contribution is -2.23. The molecule has 1 aromatic carbocycles. The molecular formula is C15H20FN3. The van der Waals surface area contributed by atoms with Gasteiger partial charge >= 0.3 is 0 Å². The molecule has 1 heterocycles. The van der Waals surface area contributed by atoms with E-state index in [-0.39, 0.29) is 11.9 Å². The van der Waals surface area contributed by atoms with Crippen LogP contribution in [0.3, 0.4) is 0 Å². The molecule has 0 aliphatic rings. The van der Waals surface area contributed by atoms with Gasteiger partial charge < -0.3 is 5.32 Å². The van der Waals surface area contributed by atoms with E-state index in [9.17, 15) is 4.39 Å². The van der Waals surface area contributed by atoms with Gasteiger partial charge in [0.15, 0.2) is 0 Å². The van der Waals surface area contributed by atoms with Crippen LogP contribution in [-0.4, -0.2) is 16.3 Å². The zero-order valence-electron chi connectivity index (χ0n) is 11.7. The monoisotopic (exact) mass is 261 g/mol. The summed E-state index contributed by atoms with van der Waals surface area (Å²) in [4.78, 5) is 0. The Hall–Kier alpha value is -1.68. The number of halogens is 1. The maximum absolute atomic E-state index is 12.9. The standard InChI is InChI=1S/C15H20FN3/c1-4-17-15(14-10-18-19(3)11(14)2)9-12-5-7-13(16)8-6-12/h5-8,10,15,17H,4,9H2,1-3H3. The van der Waals surface area contributed by atoms with Gasteiger partial charge in [0.05, 0.1) is 6.20 Å². The fraction of sp³-hybridized carbons (Fsp3) is 0.400. The van der Waals surface area contributed by atoms with Gasteiger partial charge in [-0.25, -0.2) is 4.39 Å².